The lowest BCUT2D eigenvalue weighted by Crippen LogP contribution is -2.14. The van der Waals surface area contributed by atoms with Gasteiger partial charge in [-0.2, -0.15) is 0 Å². The minimum atomic E-state index is -3.61. The largest absolute Gasteiger partial charge is 0.496 e. The molecule has 0 fully saturated rings. The lowest BCUT2D eigenvalue weighted by atomic mass is 10.2. The van der Waals surface area contributed by atoms with Gasteiger partial charge in [-0.3, -0.25) is 4.72 Å². The fourth-order valence-corrected chi connectivity index (χ4v) is 3.08. The molecule has 0 unspecified atom stereocenters. The van der Waals surface area contributed by atoms with Crippen LogP contribution in [0.15, 0.2) is 53.4 Å². The van der Waals surface area contributed by atoms with E-state index in [2.05, 4.69) is 10.0 Å². The molecule has 0 aliphatic rings. The first-order chi connectivity index (χ1) is 10.1. The van der Waals surface area contributed by atoms with Gasteiger partial charge in [0.1, 0.15) is 5.75 Å². The average molecular weight is 306 g/mol. The van der Waals surface area contributed by atoms with Crippen molar-refractivity contribution in [1.82, 2.24) is 5.32 Å². The Balaban J connectivity index is 2.34. The molecular weight excluding hydrogens is 288 g/mol. The van der Waals surface area contributed by atoms with Crippen molar-refractivity contribution in [2.45, 2.75) is 11.4 Å². The van der Waals surface area contributed by atoms with E-state index in [4.69, 9.17) is 4.74 Å². The first-order valence-corrected chi connectivity index (χ1v) is 7.94. The normalized spacial score (nSPS) is 11.1. The molecule has 2 rings (SSSR count). The second-order valence-electron chi connectivity index (χ2n) is 4.48. The number of ether oxygens (including phenoxy) is 1. The fraction of sp³-hybridized carbons (Fsp3) is 0.200. The number of anilines is 1. The number of hydrogen-bond donors (Lipinski definition) is 2. The number of benzene rings is 2. The summed E-state index contributed by atoms with van der Waals surface area (Å²) in [6.07, 6.45) is 0. The smallest absolute Gasteiger partial charge is 0.261 e. The highest BCUT2D eigenvalue weighted by Gasteiger charge is 2.16. The molecule has 0 aromatic heterocycles. The van der Waals surface area contributed by atoms with Gasteiger partial charge in [0.05, 0.1) is 12.0 Å². The highest BCUT2D eigenvalue weighted by molar-refractivity contribution is 7.92. The van der Waals surface area contributed by atoms with E-state index in [1.54, 1.807) is 50.6 Å². The molecule has 0 amide bonds. The maximum atomic E-state index is 12.4. The molecule has 2 aromatic rings. The van der Waals surface area contributed by atoms with Gasteiger partial charge >= 0.3 is 0 Å². The Morgan fingerprint density at radius 3 is 2.43 bits per heavy atom. The standard InChI is InChI=1S/C15H18N2O3S/c1-16-11-12-10-14(8-9-15(12)20-2)21(18,19)17-13-6-4-3-5-7-13/h3-10,16-17H,11H2,1-2H3. The van der Waals surface area contributed by atoms with Gasteiger partial charge in [0.2, 0.25) is 0 Å². The molecule has 0 aliphatic carbocycles. The van der Waals surface area contributed by atoms with E-state index in [9.17, 15) is 8.42 Å². The second kappa shape index (κ2) is 6.60. The van der Waals surface area contributed by atoms with E-state index in [-0.39, 0.29) is 4.90 Å². The van der Waals surface area contributed by atoms with E-state index in [0.29, 0.717) is 18.0 Å². The Morgan fingerprint density at radius 2 is 1.81 bits per heavy atom. The molecule has 112 valence electrons. The van der Waals surface area contributed by atoms with Crippen molar-refractivity contribution >= 4 is 15.7 Å². The summed E-state index contributed by atoms with van der Waals surface area (Å²) >= 11 is 0. The molecule has 0 bridgehead atoms. The van der Waals surface area contributed by atoms with Gasteiger partial charge in [-0.05, 0) is 37.4 Å². The van der Waals surface area contributed by atoms with E-state index < -0.39 is 10.0 Å². The zero-order valence-electron chi connectivity index (χ0n) is 12.0. The lowest BCUT2D eigenvalue weighted by Gasteiger charge is -2.12. The quantitative estimate of drug-likeness (QED) is 0.858. The molecule has 5 nitrogen and oxygen atoms in total. The monoisotopic (exact) mass is 306 g/mol. The first kappa shape index (κ1) is 15.3. The van der Waals surface area contributed by atoms with Gasteiger partial charge in [0, 0.05) is 17.8 Å². The molecule has 0 heterocycles. The van der Waals surface area contributed by atoms with Gasteiger partial charge in [-0.25, -0.2) is 8.42 Å². The Labute approximate surface area is 125 Å². The highest BCUT2D eigenvalue weighted by atomic mass is 32.2. The van der Waals surface area contributed by atoms with Gasteiger partial charge < -0.3 is 10.1 Å². The lowest BCUT2D eigenvalue weighted by molar-refractivity contribution is 0.408. The number of para-hydroxylation sites is 1. The molecule has 6 heteroatoms. The Hall–Kier alpha value is -2.05. The summed E-state index contributed by atoms with van der Waals surface area (Å²) in [5.41, 5.74) is 1.32. The average Bonchev–Trinajstić information content (AvgIpc) is 2.48. The van der Waals surface area contributed by atoms with Gasteiger partial charge in [-0.15, -0.1) is 0 Å². The summed E-state index contributed by atoms with van der Waals surface area (Å²) in [5, 5.41) is 2.99. The van der Waals surface area contributed by atoms with Gasteiger partial charge in [0.15, 0.2) is 0 Å². The number of nitrogens with one attached hydrogen (secondary N) is 2. The van der Waals surface area contributed by atoms with Crippen molar-refractivity contribution in [2.75, 3.05) is 18.9 Å². The van der Waals surface area contributed by atoms with Crippen LogP contribution in [0.4, 0.5) is 5.69 Å². The predicted molar refractivity (Wildman–Crippen MR) is 83.0 cm³/mol. The summed E-state index contributed by atoms with van der Waals surface area (Å²) < 4.78 is 32.6. The number of methoxy groups -OCH3 is 1. The second-order valence-corrected chi connectivity index (χ2v) is 6.16. The summed E-state index contributed by atoms with van der Waals surface area (Å²) in [4.78, 5) is 0.206. The summed E-state index contributed by atoms with van der Waals surface area (Å²) in [5.74, 6) is 0.656. The molecule has 0 saturated carbocycles. The van der Waals surface area contributed by atoms with Crippen molar-refractivity contribution < 1.29 is 13.2 Å². The van der Waals surface area contributed by atoms with Crippen molar-refractivity contribution in [3.8, 4) is 5.75 Å². The maximum Gasteiger partial charge on any atom is 0.261 e. The summed E-state index contributed by atoms with van der Waals surface area (Å²) in [7, 11) is -0.258. The number of hydrogen-bond acceptors (Lipinski definition) is 4. The molecule has 0 spiro atoms. The highest BCUT2D eigenvalue weighted by Crippen LogP contribution is 2.23. The Bertz CT molecular complexity index is 700. The Morgan fingerprint density at radius 1 is 1.10 bits per heavy atom. The molecule has 2 N–H and O–H groups in total. The molecule has 0 aliphatic heterocycles. The van der Waals surface area contributed by atoms with E-state index in [1.807, 2.05) is 6.07 Å². The third-order valence-corrected chi connectivity index (χ3v) is 4.33. The minimum Gasteiger partial charge on any atom is -0.496 e. The molecular formula is C15H18N2O3S. The molecule has 0 saturated heterocycles. The third-order valence-electron chi connectivity index (χ3n) is 2.96. The molecule has 0 atom stereocenters. The SMILES string of the molecule is CNCc1cc(S(=O)(=O)Nc2ccccc2)ccc1OC. The van der Waals surface area contributed by atoms with Crippen LogP contribution in [0.2, 0.25) is 0 Å². The van der Waals surface area contributed by atoms with Crippen LogP contribution < -0.4 is 14.8 Å². The van der Waals surface area contributed by atoms with Gasteiger partial charge in [0.25, 0.3) is 10.0 Å². The van der Waals surface area contributed by atoms with Crippen molar-refractivity contribution in [1.29, 1.82) is 0 Å². The summed E-state index contributed by atoms with van der Waals surface area (Å²) in [6.45, 7) is 0.526. The fourth-order valence-electron chi connectivity index (χ4n) is 1.97. The van der Waals surface area contributed by atoms with Crippen molar-refractivity contribution in [3.05, 3.63) is 54.1 Å². The predicted octanol–water partition coefficient (Wildman–Crippen LogP) is 2.22. The third kappa shape index (κ3) is 3.74. The zero-order valence-corrected chi connectivity index (χ0v) is 12.8. The van der Waals surface area contributed by atoms with Crippen LogP contribution in [0.25, 0.3) is 0 Å². The van der Waals surface area contributed by atoms with Crippen LogP contribution in [0.5, 0.6) is 5.75 Å². The topological polar surface area (TPSA) is 67.4 Å². The number of sulfonamides is 1. The van der Waals surface area contributed by atoms with Gasteiger partial charge in [-0.1, -0.05) is 18.2 Å². The zero-order chi connectivity index (χ0) is 15.3. The number of rotatable bonds is 6. The van der Waals surface area contributed by atoms with Crippen LogP contribution in [0.1, 0.15) is 5.56 Å². The maximum absolute atomic E-state index is 12.4. The first-order valence-electron chi connectivity index (χ1n) is 6.46. The van der Waals surface area contributed by atoms with E-state index >= 15 is 0 Å². The van der Waals surface area contributed by atoms with Crippen LogP contribution in [0, 0.1) is 0 Å². The minimum absolute atomic E-state index is 0.206. The summed E-state index contributed by atoms with van der Waals surface area (Å²) in [6, 6.07) is 13.6. The van der Waals surface area contributed by atoms with Crippen molar-refractivity contribution in [3.63, 3.8) is 0 Å². The van der Waals surface area contributed by atoms with Crippen molar-refractivity contribution in [2.24, 2.45) is 0 Å². The van der Waals surface area contributed by atoms with Crippen LogP contribution in [0.3, 0.4) is 0 Å². The molecule has 21 heavy (non-hydrogen) atoms. The van der Waals surface area contributed by atoms with Crippen LogP contribution in [-0.2, 0) is 16.6 Å². The molecule has 2 aromatic carbocycles. The Kier molecular flexibility index (Phi) is 4.82. The van der Waals surface area contributed by atoms with Crippen LogP contribution in [-0.4, -0.2) is 22.6 Å². The van der Waals surface area contributed by atoms with E-state index in [0.717, 1.165) is 5.56 Å². The van der Waals surface area contributed by atoms with E-state index in [1.165, 1.54) is 6.07 Å². The van der Waals surface area contributed by atoms with Crippen LogP contribution >= 0.6 is 0 Å². The molecule has 0 radical (unpaired) electrons.